The van der Waals surface area contributed by atoms with Crippen LogP contribution in [0.4, 0.5) is 0 Å². The number of ether oxygens (including phenoxy) is 4. The Labute approximate surface area is 164 Å². The largest absolute Gasteiger partial charge is 0.406 e. The Morgan fingerprint density at radius 3 is 2.41 bits per heavy atom. The predicted octanol–water partition coefficient (Wildman–Crippen LogP) is 4.47. The lowest BCUT2D eigenvalue weighted by Gasteiger charge is -2.45. The second-order valence-corrected chi connectivity index (χ2v) is 14.2. The minimum atomic E-state index is -2.04. The Morgan fingerprint density at radius 1 is 1.11 bits per heavy atom. The topological polar surface area (TPSA) is 46.2 Å². The van der Waals surface area contributed by atoms with Gasteiger partial charge in [0.1, 0.15) is 18.3 Å². The maximum atomic E-state index is 6.74. The molecule has 6 heteroatoms. The fourth-order valence-electron chi connectivity index (χ4n) is 3.25. The van der Waals surface area contributed by atoms with Gasteiger partial charge in [-0.05, 0) is 37.5 Å². The first-order chi connectivity index (χ1) is 12.5. The van der Waals surface area contributed by atoms with Crippen LogP contribution in [0.2, 0.25) is 18.1 Å². The second-order valence-electron chi connectivity index (χ2n) is 9.48. The first kappa shape index (κ1) is 21.0. The lowest BCUT2D eigenvalue weighted by molar-refractivity contribution is -0.251. The van der Waals surface area contributed by atoms with E-state index in [0.717, 1.165) is 5.56 Å². The highest BCUT2D eigenvalue weighted by atomic mass is 28.4. The Bertz CT molecular complexity index is 625. The first-order valence-corrected chi connectivity index (χ1v) is 12.7. The molecule has 0 saturated carbocycles. The minimum Gasteiger partial charge on any atom is -0.406 e. The molecule has 2 heterocycles. The molecule has 4 atom stereocenters. The molecule has 0 aliphatic carbocycles. The SMILES string of the molecule is CC1(C)O[C@H]2[C@H](COC(OCc3ccccc3)[C@@H]2O[Si](C)(C)C(C)(C)C)O1. The lowest BCUT2D eigenvalue weighted by Crippen LogP contribution is -2.58. The van der Waals surface area contributed by atoms with Gasteiger partial charge in [0.2, 0.25) is 0 Å². The summed E-state index contributed by atoms with van der Waals surface area (Å²) in [5.41, 5.74) is 1.11. The number of benzene rings is 1. The van der Waals surface area contributed by atoms with Crippen molar-refractivity contribution in [1.29, 1.82) is 0 Å². The maximum Gasteiger partial charge on any atom is 0.192 e. The molecule has 1 aromatic carbocycles. The van der Waals surface area contributed by atoms with Crippen LogP contribution in [0, 0.1) is 0 Å². The highest BCUT2D eigenvalue weighted by Crippen LogP contribution is 2.42. The van der Waals surface area contributed by atoms with E-state index in [-0.39, 0.29) is 23.4 Å². The van der Waals surface area contributed by atoms with Gasteiger partial charge in [-0.2, -0.15) is 0 Å². The van der Waals surface area contributed by atoms with E-state index in [2.05, 4.69) is 33.9 Å². The molecule has 0 bridgehead atoms. The summed E-state index contributed by atoms with van der Waals surface area (Å²) < 4.78 is 31.2. The fourth-order valence-corrected chi connectivity index (χ4v) is 4.52. The molecule has 2 fully saturated rings. The van der Waals surface area contributed by atoms with Crippen LogP contribution in [-0.2, 0) is 30.0 Å². The highest BCUT2D eigenvalue weighted by molar-refractivity contribution is 6.74. The molecule has 5 nitrogen and oxygen atoms in total. The Hall–Kier alpha value is -0.763. The predicted molar refractivity (Wildman–Crippen MR) is 107 cm³/mol. The van der Waals surface area contributed by atoms with Gasteiger partial charge in [-0.15, -0.1) is 0 Å². The van der Waals surface area contributed by atoms with E-state index in [1.807, 2.05) is 44.2 Å². The van der Waals surface area contributed by atoms with Crippen LogP contribution >= 0.6 is 0 Å². The van der Waals surface area contributed by atoms with Crippen molar-refractivity contribution in [3.8, 4) is 0 Å². The number of rotatable bonds is 5. The van der Waals surface area contributed by atoms with Gasteiger partial charge in [-0.3, -0.25) is 0 Å². The molecule has 0 N–H and O–H groups in total. The summed E-state index contributed by atoms with van der Waals surface area (Å²) in [6.07, 6.45) is -1.11. The molecule has 1 unspecified atom stereocenters. The summed E-state index contributed by atoms with van der Waals surface area (Å²) in [4.78, 5) is 0. The zero-order valence-corrected chi connectivity index (χ0v) is 18.7. The third-order valence-electron chi connectivity index (χ3n) is 5.73. The van der Waals surface area contributed by atoms with Crippen molar-refractivity contribution in [3.63, 3.8) is 0 Å². The van der Waals surface area contributed by atoms with Gasteiger partial charge in [0.05, 0.1) is 13.2 Å². The summed E-state index contributed by atoms with van der Waals surface area (Å²) in [7, 11) is -2.04. The van der Waals surface area contributed by atoms with E-state index in [9.17, 15) is 0 Å². The van der Waals surface area contributed by atoms with Gasteiger partial charge in [0.15, 0.2) is 20.4 Å². The maximum absolute atomic E-state index is 6.74. The van der Waals surface area contributed by atoms with E-state index in [1.165, 1.54) is 0 Å². The van der Waals surface area contributed by atoms with Crippen molar-refractivity contribution in [2.24, 2.45) is 0 Å². The van der Waals surface area contributed by atoms with Crippen molar-refractivity contribution >= 4 is 8.32 Å². The van der Waals surface area contributed by atoms with Crippen molar-refractivity contribution in [3.05, 3.63) is 35.9 Å². The van der Waals surface area contributed by atoms with Crippen LogP contribution in [0.5, 0.6) is 0 Å². The molecule has 152 valence electrons. The fraction of sp³-hybridized carbons (Fsp3) is 0.714. The van der Waals surface area contributed by atoms with E-state index in [0.29, 0.717) is 13.2 Å². The van der Waals surface area contributed by atoms with Crippen molar-refractivity contribution in [2.45, 2.75) is 89.7 Å². The van der Waals surface area contributed by atoms with Gasteiger partial charge < -0.3 is 23.4 Å². The molecule has 27 heavy (non-hydrogen) atoms. The summed E-state index contributed by atoms with van der Waals surface area (Å²) >= 11 is 0. The number of hydrogen-bond donors (Lipinski definition) is 0. The molecular formula is C21H34O5Si. The van der Waals surface area contributed by atoms with E-state index >= 15 is 0 Å². The van der Waals surface area contributed by atoms with Crippen molar-refractivity contribution < 1.29 is 23.4 Å². The van der Waals surface area contributed by atoms with Crippen LogP contribution in [0.15, 0.2) is 30.3 Å². The molecule has 0 aromatic heterocycles. The second kappa shape index (κ2) is 7.58. The Balaban J connectivity index is 1.78. The standard InChI is InChI=1S/C21H34O5Si/c1-20(2,3)27(6,7)26-18-17-16(24-21(4,5)25-17)14-23-19(18)22-13-15-11-9-8-10-12-15/h8-12,16-19H,13-14H2,1-7H3/t16-,17-,18+,19?/m0/s1. The lowest BCUT2D eigenvalue weighted by atomic mass is 10.1. The zero-order valence-electron chi connectivity index (χ0n) is 17.7. The van der Waals surface area contributed by atoms with Gasteiger partial charge in [-0.25, -0.2) is 0 Å². The van der Waals surface area contributed by atoms with Crippen molar-refractivity contribution in [1.82, 2.24) is 0 Å². The molecule has 0 radical (unpaired) electrons. The molecule has 1 aromatic rings. The zero-order chi connectivity index (χ0) is 19.9. The molecule has 2 aliphatic rings. The molecule has 0 amide bonds. The van der Waals surface area contributed by atoms with Gasteiger partial charge in [0.25, 0.3) is 0 Å². The summed E-state index contributed by atoms with van der Waals surface area (Å²) in [6, 6.07) is 10.1. The van der Waals surface area contributed by atoms with Gasteiger partial charge >= 0.3 is 0 Å². The van der Waals surface area contributed by atoms with Crippen LogP contribution in [-0.4, -0.2) is 45.3 Å². The molecule has 0 spiro atoms. The van der Waals surface area contributed by atoms with E-state index in [1.54, 1.807) is 0 Å². The molecule has 2 aliphatic heterocycles. The van der Waals surface area contributed by atoms with Gasteiger partial charge in [0, 0.05) is 0 Å². The first-order valence-electron chi connectivity index (χ1n) is 9.79. The van der Waals surface area contributed by atoms with E-state index < -0.39 is 20.4 Å². The van der Waals surface area contributed by atoms with Crippen LogP contribution in [0.3, 0.4) is 0 Å². The average Bonchev–Trinajstić information content (AvgIpc) is 2.88. The molecular weight excluding hydrogens is 360 g/mol. The molecule has 2 saturated heterocycles. The van der Waals surface area contributed by atoms with E-state index in [4.69, 9.17) is 23.4 Å². The van der Waals surface area contributed by atoms with Crippen LogP contribution in [0.25, 0.3) is 0 Å². The minimum absolute atomic E-state index is 0.0822. The smallest absolute Gasteiger partial charge is 0.192 e. The third-order valence-corrected chi connectivity index (χ3v) is 10.2. The summed E-state index contributed by atoms with van der Waals surface area (Å²) in [5.74, 6) is -0.637. The third kappa shape index (κ3) is 4.81. The van der Waals surface area contributed by atoms with Crippen molar-refractivity contribution in [2.75, 3.05) is 6.61 Å². The monoisotopic (exact) mass is 394 g/mol. The van der Waals surface area contributed by atoms with Crippen LogP contribution < -0.4 is 0 Å². The molecule has 3 rings (SSSR count). The van der Waals surface area contributed by atoms with Crippen LogP contribution in [0.1, 0.15) is 40.2 Å². The summed E-state index contributed by atoms with van der Waals surface area (Å²) in [5, 5.41) is 0.0822. The normalized spacial score (nSPS) is 30.9. The highest BCUT2D eigenvalue weighted by Gasteiger charge is 2.54. The Kier molecular flexibility index (Phi) is 5.88. The quantitative estimate of drug-likeness (QED) is 0.690. The average molecular weight is 395 g/mol. The number of hydrogen-bond acceptors (Lipinski definition) is 5. The van der Waals surface area contributed by atoms with Gasteiger partial charge in [-0.1, -0.05) is 51.1 Å². The summed E-state index contributed by atoms with van der Waals surface area (Å²) in [6.45, 7) is 16.0. The Morgan fingerprint density at radius 2 is 1.78 bits per heavy atom. The number of fused-ring (bicyclic) bond motifs is 1.